The Morgan fingerprint density at radius 3 is 2.52 bits per heavy atom. The van der Waals surface area contributed by atoms with E-state index in [1.165, 1.54) is 12.3 Å². The summed E-state index contributed by atoms with van der Waals surface area (Å²) in [5.74, 6) is 0. The number of carbonyl (C=O) groups is 1. The van der Waals surface area contributed by atoms with E-state index in [-0.39, 0.29) is 11.4 Å². The Kier molecular flexibility index (Phi) is 5.33. The lowest BCUT2D eigenvalue weighted by Crippen LogP contribution is -2.32. The molecule has 1 rings (SSSR count). The lowest BCUT2D eigenvalue weighted by molar-refractivity contribution is 0.0522. The Bertz CT molecular complexity index is 604. The van der Waals surface area contributed by atoms with Crippen molar-refractivity contribution in [1.82, 2.24) is 10.3 Å². The van der Waals surface area contributed by atoms with Crippen LogP contribution in [0.5, 0.6) is 0 Å². The largest absolute Gasteiger partial charge is 0.444 e. The van der Waals surface area contributed by atoms with Crippen molar-refractivity contribution in [1.29, 1.82) is 0 Å². The van der Waals surface area contributed by atoms with Gasteiger partial charge < -0.3 is 10.1 Å². The van der Waals surface area contributed by atoms with Gasteiger partial charge in [-0.1, -0.05) is 0 Å². The van der Waals surface area contributed by atoms with E-state index in [1.54, 1.807) is 40.7 Å². The van der Waals surface area contributed by atoms with Gasteiger partial charge in [0, 0.05) is 6.20 Å². The SMILES string of the molecule is CC(C)S(=O)(=O)c1cccnc1CNC(=O)OC(C)(C)C. The summed E-state index contributed by atoms with van der Waals surface area (Å²) in [6.07, 6.45) is 0.881. The number of ether oxygens (including phenoxy) is 1. The van der Waals surface area contributed by atoms with Gasteiger partial charge in [0.25, 0.3) is 0 Å². The molecule has 7 heteroatoms. The molecule has 1 aromatic heterocycles. The highest BCUT2D eigenvalue weighted by Crippen LogP contribution is 2.18. The summed E-state index contributed by atoms with van der Waals surface area (Å²) in [5, 5.41) is 1.97. The van der Waals surface area contributed by atoms with Crippen LogP contribution in [0.1, 0.15) is 40.3 Å². The van der Waals surface area contributed by atoms with Gasteiger partial charge in [-0.15, -0.1) is 0 Å². The van der Waals surface area contributed by atoms with Crippen molar-refractivity contribution in [3.05, 3.63) is 24.0 Å². The Morgan fingerprint density at radius 1 is 1.38 bits per heavy atom. The average molecular weight is 314 g/mol. The highest BCUT2D eigenvalue weighted by Gasteiger charge is 2.24. The van der Waals surface area contributed by atoms with Crippen LogP contribution in [0.3, 0.4) is 0 Å². The first-order valence-corrected chi connectivity index (χ1v) is 8.23. The van der Waals surface area contributed by atoms with E-state index in [1.807, 2.05) is 0 Å². The molecule has 118 valence electrons. The van der Waals surface area contributed by atoms with Crippen LogP contribution in [0.15, 0.2) is 23.2 Å². The molecule has 0 atom stereocenters. The third kappa shape index (κ3) is 5.00. The number of rotatable bonds is 4. The molecule has 0 saturated heterocycles. The molecule has 0 saturated carbocycles. The molecule has 0 spiro atoms. The highest BCUT2D eigenvalue weighted by molar-refractivity contribution is 7.92. The van der Waals surface area contributed by atoms with Gasteiger partial charge in [0.15, 0.2) is 9.84 Å². The number of sulfone groups is 1. The van der Waals surface area contributed by atoms with E-state index in [2.05, 4.69) is 10.3 Å². The van der Waals surface area contributed by atoms with Crippen molar-refractivity contribution >= 4 is 15.9 Å². The molecule has 0 aliphatic rings. The first kappa shape index (κ1) is 17.4. The van der Waals surface area contributed by atoms with Crippen LogP contribution >= 0.6 is 0 Å². The smallest absolute Gasteiger partial charge is 0.407 e. The standard InChI is InChI=1S/C14H22N2O4S/c1-10(2)21(18,19)12-7-6-8-15-11(12)9-16-13(17)20-14(3,4)5/h6-8,10H,9H2,1-5H3,(H,16,17). The second-order valence-electron chi connectivity index (χ2n) is 5.90. The van der Waals surface area contributed by atoms with E-state index in [0.717, 1.165) is 0 Å². The van der Waals surface area contributed by atoms with Crippen LogP contribution in [0, 0.1) is 0 Å². The van der Waals surface area contributed by atoms with E-state index >= 15 is 0 Å². The molecule has 0 aliphatic heterocycles. The van der Waals surface area contributed by atoms with Gasteiger partial charge in [0.1, 0.15) is 5.60 Å². The third-order valence-corrected chi connectivity index (χ3v) is 4.80. The number of carbonyl (C=O) groups excluding carboxylic acids is 1. The number of amides is 1. The van der Waals surface area contributed by atoms with E-state index in [0.29, 0.717) is 5.69 Å². The molecule has 1 aromatic rings. The lowest BCUT2D eigenvalue weighted by Gasteiger charge is -2.20. The van der Waals surface area contributed by atoms with Crippen molar-refractivity contribution < 1.29 is 17.9 Å². The fourth-order valence-corrected chi connectivity index (χ4v) is 2.77. The molecule has 0 aliphatic carbocycles. The molecular formula is C14H22N2O4S. The molecule has 0 unspecified atom stereocenters. The highest BCUT2D eigenvalue weighted by atomic mass is 32.2. The van der Waals surface area contributed by atoms with Crippen molar-refractivity contribution in [3.63, 3.8) is 0 Å². The van der Waals surface area contributed by atoms with E-state index in [4.69, 9.17) is 4.74 Å². The zero-order chi connectivity index (χ0) is 16.3. The number of aromatic nitrogens is 1. The van der Waals surface area contributed by atoms with Crippen LogP contribution in [0.25, 0.3) is 0 Å². The number of nitrogens with one attached hydrogen (secondary N) is 1. The topological polar surface area (TPSA) is 85.4 Å². The molecule has 0 radical (unpaired) electrons. The summed E-state index contributed by atoms with van der Waals surface area (Å²) in [7, 11) is -3.45. The van der Waals surface area contributed by atoms with E-state index in [9.17, 15) is 13.2 Å². The van der Waals surface area contributed by atoms with Gasteiger partial charge >= 0.3 is 6.09 Å². The first-order valence-electron chi connectivity index (χ1n) is 6.68. The van der Waals surface area contributed by atoms with Crippen molar-refractivity contribution in [2.75, 3.05) is 0 Å². The molecule has 0 bridgehead atoms. The van der Waals surface area contributed by atoms with Crippen molar-refractivity contribution in [2.45, 2.75) is 56.9 Å². The van der Waals surface area contributed by atoms with Gasteiger partial charge in [-0.2, -0.15) is 0 Å². The zero-order valence-electron chi connectivity index (χ0n) is 13.0. The summed E-state index contributed by atoms with van der Waals surface area (Å²) in [4.78, 5) is 15.8. The van der Waals surface area contributed by atoms with Gasteiger partial charge in [-0.05, 0) is 46.8 Å². The lowest BCUT2D eigenvalue weighted by atomic mass is 10.2. The summed E-state index contributed by atoms with van der Waals surface area (Å²) in [6, 6.07) is 3.06. The molecule has 1 heterocycles. The summed E-state index contributed by atoms with van der Waals surface area (Å²) in [6.45, 7) is 8.46. The van der Waals surface area contributed by atoms with Crippen LogP contribution < -0.4 is 5.32 Å². The van der Waals surface area contributed by atoms with Crippen LogP contribution in [-0.2, 0) is 21.1 Å². The Hall–Kier alpha value is -1.63. The fourth-order valence-electron chi connectivity index (χ4n) is 1.54. The Labute approximate surface area is 125 Å². The third-order valence-electron chi connectivity index (χ3n) is 2.57. The molecule has 0 fully saturated rings. The van der Waals surface area contributed by atoms with Crippen LogP contribution in [0.2, 0.25) is 0 Å². The Morgan fingerprint density at radius 2 is 2.00 bits per heavy atom. The molecule has 1 N–H and O–H groups in total. The second kappa shape index (κ2) is 6.43. The summed E-state index contributed by atoms with van der Waals surface area (Å²) in [5.41, 5.74) is -0.307. The minimum absolute atomic E-state index is 0.00294. The number of hydrogen-bond acceptors (Lipinski definition) is 5. The maximum absolute atomic E-state index is 12.2. The Balaban J connectivity index is 2.89. The number of nitrogens with zero attached hydrogens (tertiary/aromatic N) is 1. The minimum Gasteiger partial charge on any atom is -0.444 e. The molecule has 0 aromatic carbocycles. The van der Waals surface area contributed by atoms with Crippen LogP contribution in [-0.4, -0.2) is 30.3 Å². The fraction of sp³-hybridized carbons (Fsp3) is 0.571. The van der Waals surface area contributed by atoms with Gasteiger partial charge in [0.2, 0.25) is 0 Å². The van der Waals surface area contributed by atoms with Gasteiger partial charge in [-0.3, -0.25) is 4.98 Å². The summed E-state index contributed by atoms with van der Waals surface area (Å²) < 4.78 is 29.6. The van der Waals surface area contributed by atoms with Gasteiger partial charge in [0.05, 0.1) is 22.4 Å². The molecule has 1 amide bonds. The molecule has 6 nitrogen and oxygen atoms in total. The molecular weight excluding hydrogens is 292 g/mol. The number of hydrogen-bond donors (Lipinski definition) is 1. The zero-order valence-corrected chi connectivity index (χ0v) is 13.8. The first-order chi connectivity index (χ1) is 9.54. The maximum Gasteiger partial charge on any atom is 0.407 e. The maximum atomic E-state index is 12.2. The average Bonchev–Trinajstić information content (AvgIpc) is 2.34. The summed E-state index contributed by atoms with van der Waals surface area (Å²) >= 11 is 0. The van der Waals surface area contributed by atoms with Crippen molar-refractivity contribution in [3.8, 4) is 0 Å². The van der Waals surface area contributed by atoms with E-state index < -0.39 is 26.8 Å². The predicted molar refractivity (Wildman–Crippen MR) is 79.6 cm³/mol. The minimum atomic E-state index is -3.45. The number of alkyl carbamates (subject to hydrolysis) is 1. The van der Waals surface area contributed by atoms with Crippen LogP contribution in [0.4, 0.5) is 4.79 Å². The normalized spacial score (nSPS) is 12.3. The molecule has 21 heavy (non-hydrogen) atoms. The quantitative estimate of drug-likeness (QED) is 0.921. The second-order valence-corrected chi connectivity index (χ2v) is 8.37. The predicted octanol–water partition coefficient (Wildman–Crippen LogP) is 2.29. The van der Waals surface area contributed by atoms with Crippen molar-refractivity contribution in [2.24, 2.45) is 0 Å². The number of pyridine rings is 1. The monoisotopic (exact) mass is 314 g/mol. The van der Waals surface area contributed by atoms with Gasteiger partial charge in [-0.25, -0.2) is 13.2 Å².